The lowest BCUT2D eigenvalue weighted by atomic mass is 10.1. The summed E-state index contributed by atoms with van der Waals surface area (Å²) in [6.45, 7) is 5.04. The Labute approximate surface area is 54.0 Å². The Kier molecular flexibility index (Phi) is 2.14. The molecule has 4 heteroatoms. The number of hydrogen-bond donors (Lipinski definition) is 0. The maximum atomic E-state index is 10.6. The molecule has 9 heavy (non-hydrogen) atoms. The fourth-order valence-electron chi connectivity index (χ4n) is 0.191. The van der Waals surface area contributed by atoms with E-state index in [9.17, 15) is 5.21 Å². The largest absolute Gasteiger partial charge is 0.599 e. The van der Waals surface area contributed by atoms with E-state index in [2.05, 4.69) is 5.11 Å². The van der Waals surface area contributed by atoms with Crippen molar-refractivity contribution in [2.24, 2.45) is 5.11 Å². The molecule has 0 aliphatic carbocycles. The van der Waals surface area contributed by atoms with Crippen molar-refractivity contribution in [1.82, 2.24) is 0 Å². The molecule has 0 aromatic heterocycles. The second-order valence-corrected chi connectivity index (χ2v) is 2.64. The van der Waals surface area contributed by atoms with E-state index < -0.39 is 5.54 Å². The molecule has 0 atom stereocenters. The number of hydroxylamine groups is 1. The van der Waals surface area contributed by atoms with Gasteiger partial charge in [-0.15, -0.1) is 0 Å². The summed E-state index contributed by atoms with van der Waals surface area (Å²) in [6.07, 6.45) is 1.41. The minimum atomic E-state index is -0.601. The van der Waals surface area contributed by atoms with Crippen LogP contribution in [-0.2, 0) is 0 Å². The molecule has 0 spiro atoms. The summed E-state index contributed by atoms with van der Waals surface area (Å²) in [4.78, 5) is 0.382. The Morgan fingerprint density at radius 2 is 2.00 bits per heavy atom. The molecule has 0 aromatic carbocycles. The van der Waals surface area contributed by atoms with Gasteiger partial charge >= 0.3 is 0 Å². The fourth-order valence-corrected chi connectivity index (χ4v) is 0.191. The summed E-state index contributed by atoms with van der Waals surface area (Å²) in [5.41, 5.74) is -0.601. The molecule has 0 radical (unpaired) electrons. The van der Waals surface area contributed by atoms with Gasteiger partial charge < -0.3 is 5.21 Å². The summed E-state index contributed by atoms with van der Waals surface area (Å²) in [7, 11) is 0. The Bertz CT molecular complexity index is 160. The van der Waals surface area contributed by atoms with E-state index in [1.165, 1.54) is 6.19 Å². The molecular formula is C5H9N3O. The van der Waals surface area contributed by atoms with Crippen LogP contribution in [0.5, 0.6) is 0 Å². The quantitative estimate of drug-likeness (QED) is 0.212. The van der Waals surface area contributed by atoms with E-state index in [0.717, 1.165) is 0 Å². The first-order chi connectivity index (χ1) is 3.98. The van der Waals surface area contributed by atoms with Gasteiger partial charge in [-0.3, -0.25) is 0 Å². The highest BCUT2D eigenvalue weighted by Gasteiger charge is 2.20. The van der Waals surface area contributed by atoms with Gasteiger partial charge in [-0.2, -0.15) is 5.26 Å². The molecule has 0 bridgehead atoms. The first-order valence-corrected chi connectivity index (χ1v) is 2.55. The molecule has 0 fully saturated rings. The van der Waals surface area contributed by atoms with E-state index in [4.69, 9.17) is 5.26 Å². The minimum absolute atomic E-state index is 0.382. The number of azo groups is 1. The van der Waals surface area contributed by atoms with Crippen molar-refractivity contribution in [2.45, 2.75) is 26.3 Å². The van der Waals surface area contributed by atoms with Crippen molar-refractivity contribution in [2.75, 3.05) is 0 Å². The van der Waals surface area contributed by atoms with Crippen LogP contribution >= 0.6 is 0 Å². The molecule has 0 aliphatic rings. The molecule has 0 amide bonds. The van der Waals surface area contributed by atoms with Crippen LogP contribution in [0.4, 0.5) is 0 Å². The molecule has 0 heterocycles. The molecule has 4 nitrogen and oxygen atoms in total. The molecule has 0 saturated carbocycles. The van der Waals surface area contributed by atoms with Crippen LogP contribution in [0, 0.1) is 16.7 Å². The highest BCUT2D eigenvalue weighted by atomic mass is 16.5. The van der Waals surface area contributed by atoms with E-state index in [0.29, 0.717) is 4.86 Å². The number of nitrogens with zero attached hydrogens (tertiary/aromatic N) is 3. The van der Waals surface area contributed by atoms with Crippen molar-refractivity contribution >= 4 is 0 Å². The Balaban J connectivity index is 4.25. The molecule has 0 aliphatic heterocycles. The second kappa shape index (κ2) is 2.44. The van der Waals surface area contributed by atoms with Gasteiger partial charge in [0, 0.05) is 20.8 Å². The first kappa shape index (κ1) is 7.89. The van der Waals surface area contributed by atoms with Crippen LogP contribution in [0.2, 0.25) is 0 Å². The average molecular weight is 127 g/mol. The predicted molar refractivity (Wildman–Crippen MR) is 31.4 cm³/mol. The molecule has 50 valence electrons. The van der Waals surface area contributed by atoms with Crippen molar-refractivity contribution in [3.8, 4) is 6.19 Å². The second-order valence-electron chi connectivity index (χ2n) is 2.64. The molecule has 0 saturated heterocycles. The summed E-state index contributed by atoms with van der Waals surface area (Å²) < 4.78 is 0. The van der Waals surface area contributed by atoms with Crippen molar-refractivity contribution < 1.29 is 4.86 Å². The Morgan fingerprint density at radius 3 is 2.11 bits per heavy atom. The maximum absolute atomic E-state index is 10.6. The highest BCUT2D eigenvalue weighted by Crippen LogP contribution is 2.04. The molecule has 0 unspecified atom stereocenters. The number of nitriles is 1. The van der Waals surface area contributed by atoms with Gasteiger partial charge in [0.1, 0.15) is 0 Å². The lowest BCUT2D eigenvalue weighted by Gasteiger charge is -2.12. The van der Waals surface area contributed by atoms with E-state index >= 15 is 0 Å². The van der Waals surface area contributed by atoms with Crippen molar-refractivity contribution in [1.29, 1.82) is 5.26 Å². The zero-order valence-corrected chi connectivity index (χ0v) is 5.75. The van der Waals surface area contributed by atoms with E-state index in [1.54, 1.807) is 20.8 Å². The molecule has 0 N–H and O–H groups in total. The standard InChI is InChI=1S/C5H9N3O/c1-5(2,3)8(9)7-4-6/h1-3H3. The lowest BCUT2D eigenvalue weighted by molar-refractivity contribution is -0.594. The normalized spacial score (nSPS) is 12.9. The van der Waals surface area contributed by atoms with Gasteiger partial charge in [0.05, 0.1) is 5.11 Å². The van der Waals surface area contributed by atoms with Crippen LogP contribution in [0.25, 0.3) is 0 Å². The van der Waals surface area contributed by atoms with Gasteiger partial charge in [0.25, 0.3) is 6.19 Å². The van der Waals surface area contributed by atoms with Gasteiger partial charge in [0.15, 0.2) is 5.54 Å². The van der Waals surface area contributed by atoms with Crippen LogP contribution in [0.3, 0.4) is 0 Å². The van der Waals surface area contributed by atoms with Gasteiger partial charge in [-0.25, -0.2) is 0 Å². The third-order valence-corrected chi connectivity index (χ3v) is 0.709. The molecular weight excluding hydrogens is 118 g/mol. The molecule has 0 aromatic rings. The van der Waals surface area contributed by atoms with E-state index in [1.807, 2.05) is 0 Å². The van der Waals surface area contributed by atoms with Gasteiger partial charge in [0.2, 0.25) is 0 Å². The van der Waals surface area contributed by atoms with Crippen LogP contribution in [0.15, 0.2) is 5.11 Å². The van der Waals surface area contributed by atoms with Crippen molar-refractivity contribution in [3.05, 3.63) is 5.21 Å². The Morgan fingerprint density at radius 1 is 1.56 bits per heavy atom. The van der Waals surface area contributed by atoms with Gasteiger partial charge in [-0.05, 0) is 0 Å². The predicted octanol–water partition coefficient (Wildman–Crippen LogP) is 1.23. The monoisotopic (exact) mass is 127 g/mol. The molecule has 0 rings (SSSR count). The highest BCUT2D eigenvalue weighted by molar-refractivity contribution is 4.59. The van der Waals surface area contributed by atoms with Gasteiger partial charge in [-0.1, -0.05) is 4.86 Å². The number of rotatable bonds is 0. The SMILES string of the molecule is CC(C)(C)[N+]([O-])=NC#N. The van der Waals surface area contributed by atoms with Crippen LogP contribution < -0.4 is 0 Å². The first-order valence-electron chi connectivity index (χ1n) is 2.55. The summed E-state index contributed by atoms with van der Waals surface area (Å²) in [6, 6.07) is 0. The zero-order valence-electron chi connectivity index (χ0n) is 5.75. The summed E-state index contributed by atoms with van der Waals surface area (Å²) in [5, 5.41) is 21.5. The third-order valence-electron chi connectivity index (χ3n) is 0.709. The Hall–Kier alpha value is -1.11. The lowest BCUT2D eigenvalue weighted by Crippen LogP contribution is -2.26. The number of hydrogen-bond acceptors (Lipinski definition) is 3. The summed E-state index contributed by atoms with van der Waals surface area (Å²) >= 11 is 0. The van der Waals surface area contributed by atoms with Crippen LogP contribution in [0.1, 0.15) is 20.8 Å². The average Bonchev–Trinajstić information content (AvgIpc) is 1.64. The smallest absolute Gasteiger partial charge is 0.273 e. The zero-order chi connectivity index (χ0) is 7.49. The van der Waals surface area contributed by atoms with Crippen molar-refractivity contribution in [3.63, 3.8) is 0 Å². The van der Waals surface area contributed by atoms with Crippen LogP contribution in [-0.4, -0.2) is 10.4 Å². The maximum Gasteiger partial charge on any atom is 0.273 e. The minimum Gasteiger partial charge on any atom is -0.599 e. The topological polar surface area (TPSA) is 62.2 Å². The summed E-state index contributed by atoms with van der Waals surface area (Å²) in [5.74, 6) is 0. The fraction of sp³-hybridized carbons (Fsp3) is 0.800. The third kappa shape index (κ3) is 2.65. The van der Waals surface area contributed by atoms with E-state index in [-0.39, 0.29) is 0 Å².